The van der Waals surface area contributed by atoms with Gasteiger partial charge in [-0.1, -0.05) is 35.3 Å². The first-order valence-corrected chi connectivity index (χ1v) is 8.54. The fourth-order valence-electron chi connectivity index (χ4n) is 2.19. The normalized spacial score (nSPS) is 12.4. The van der Waals surface area contributed by atoms with Crippen LogP contribution in [0.5, 0.6) is 0 Å². The van der Waals surface area contributed by atoms with Crippen LogP contribution in [0.15, 0.2) is 35.7 Å². The molecule has 0 spiro atoms. The van der Waals surface area contributed by atoms with Crippen molar-refractivity contribution in [3.63, 3.8) is 0 Å². The summed E-state index contributed by atoms with van der Waals surface area (Å²) in [7, 11) is 1.93. The van der Waals surface area contributed by atoms with E-state index in [1.54, 1.807) is 23.5 Å². The third-order valence-corrected chi connectivity index (χ3v) is 4.65. The third-order valence-electron chi connectivity index (χ3n) is 3.23. The standard InChI is InChI=1S/C16H18Cl2N2OS/c1-11(14-6-5-12(17)8-15(14)18)19-16(21)10-20(2)9-13-4-3-7-22-13/h3-8,11H,9-10H2,1-2H3,(H,19,21)/t11-/m0/s1. The number of rotatable bonds is 6. The number of benzene rings is 1. The highest BCUT2D eigenvalue weighted by Crippen LogP contribution is 2.26. The van der Waals surface area contributed by atoms with Crippen molar-refractivity contribution >= 4 is 40.4 Å². The van der Waals surface area contributed by atoms with Crippen LogP contribution in [0, 0.1) is 0 Å². The summed E-state index contributed by atoms with van der Waals surface area (Å²) in [5, 5.41) is 6.15. The van der Waals surface area contributed by atoms with Gasteiger partial charge in [-0.05, 0) is 43.1 Å². The van der Waals surface area contributed by atoms with E-state index in [2.05, 4.69) is 11.4 Å². The molecule has 22 heavy (non-hydrogen) atoms. The average molecular weight is 357 g/mol. The maximum absolute atomic E-state index is 12.1. The van der Waals surface area contributed by atoms with Crippen molar-refractivity contribution in [1.82, 2.24) is 10.2 Å². The first kappa shape index (κ1) is 17.3. The van der Waals surface area contributed by atoms with E-state index < -0.39 is 0 Å². The second kappa shape index (κ2) is 7.97. The number of amides is 1. The van der Waals surface area contributed by atoms with Gasteiger partial charge in [-0.25, -0.2) is 0 Å². The molecule has 1 aromatic carbocycles. The molecule has 3 nitrogen and oxygen atoms in total. The minimum absolute atomic E-state index is 0.0300. The Balaban J connectivity index is 1.88. The highest BCUT2D eigenvalue weighted by Gasteiger charge is 2.14. The van der Waals surface area contributed by atoms with Gasteiger partial charge in [0.25, 0.3) is 0 Å². The van der Waals surface area contributed by atoms with Crippen LogP contribution in [0.2, 0.25) is 10.0 Å². The van der Waals surface area contributed by atoms with Crippen molar-refractivity contribution < 1.29 is 4.79 Å². The molecule has 2 rings (SSSR count). The molecular formula is C16H18Cl2N2OS. The van der Waals surface area contributed by atoms with Crippen molar-refractivity contribution in [3.8, 4) is 0 Å². The molecule has 0 radical (unpaired) electrons. The zero-order chi connectivity index (χ0) is 16.1. The Bertz CT molecular complexity index is 631. The zero-order valence-electron chi connectivity index (χ0n) is 12.5. The van der Waals surface area contributed by atoms with Crippen molar-refractivity contribution in [2.75, 3.05) is 13.6 Å². The molecule has 1 N–H and O–H groups in total. The van der Waals surface area contributed by atoms with Crippen molar-refractivity contribution in [3.05, 3.63) is 56.2 Å². The molecular weight excluding hydrogens is 339 g/mol. The lowest BCUT2D eigenvalue weighted by Gasteiger charge is -2.19. The fourth-order valence-corrected chi connectivity index (χ4v) is 3.54. The molecule has 118 valence electrons. The first-order valence-electron chi connectivity index (χ1n) is 6.91. The Morgan fingerprint density at radius 3 is 2.77 bits per heavy atom. The van der Waals surface area contributed by atoms with E-state index in [-0.39, 0.29) is 11.9 Å². The van der Waals surface area contributed by atoms with E-state index in [1.807, 2.05) is 36.4 Å². The van der Waals surface area contributed by atoms with Crippen molar-refractivity contribution in [1.29, 1.82) is 0 Å². The maximum Gasteiger partial charge on any atom is 0.234 e. The molecule has 0 bridgehead atoms. The summed E-state index contributed by atoms with van der Waals surface area (Å²) < 4.78 is 0. The molecule has 0 fully saturated rings. The van der Waals surface area contributed by atoms with E-state index in [1.165, 1.54) is 4.88 Å². The molecule has 1 atom stereocenters. The predicted octanol–water partition coefficient (Wildman–Crippen LogP) is 4.36. The van der Waals surface area contributed by atoms with Gasteiger partial charge in [-0.2, -0.15) is 0 Å². The molecule has 1 heterocycles. The number of carbonyl (C=O) groups excluding carboxylic acids is 1. The van der Waals surface area contributed by atoms with E-state index >= 15 is 0 Å². The van der Waals surface area contributed by atoms with Gasteiger partial charge in [0, 0.05) is 21.5 Å². The zero-order valence-corrected chi connectivity index (χ0v) is 14.8. The number of carbonyl (C=O) groups is 1. The lowest BCUT2D eigenvalue weighted by molar-refractivity contribution is -0.122. The molecule has 1 amide bonds. The van der Waals surface area contributed by atoms with Crippen LogP contribution in [0.4, 0.5) is 0 Å². The minimum atomic E-state index is -0.160. The monoisotopic (exact) mass is 356 g/mol. The van der Waals surface area contributed by atoms with Crippen molar-refractivity contribution in [2.24, 2.45) is 0 Å². The summed E-state index contributed by atoms with van der Waals surface area (Å²) >= 11 is 13.7. The number of likely N-dealkylation sites (N-methyl/N-ethyl adjacent to an activating group) is 1. The topological polar surface area (TPSA) is 32.3 Å². The van der Waals surface area contributed by atoms with Crippen LogP contribution in [0.25, 0.3) is 0 Å². The van der Waals surface area contributed by atoms with E-state index in [4.69, 9.17) is 23.2 Å². The molecule has 0 aliphatic heterocycles. The van der Waals surface area contributed by atoms with Gasteiger partial charge < -0.3 is 5.32 Å². The molecule has 2 aromatic rings. The Kier molecular flexibility index (Phi) is 6.26. The lowest BCUT2D eigenvalue weighted by atomic mass is 10.1. The number of hydrogen-bond donors (Lipinski definition) is 1. The quantitative estimate of drug-likeness (QED) is 0.833. The fraction of sp³-hybridized carbons (Fsp3) is 0.312. The highest BCUT2D eigenvalue weighted by atomic mass is 35.5. The summed E-state index contributed by atoms with van der Waals surface area (Å²) in [6, 6.07) is 9.21. The molecule has 0 saturated carbocycles. The summed E-state index contributed by atoms with van der Waals surface area (Å²) in [4.78, 5) is 15.3. The number of thiophene rings is 1. The van der Waals surface area contributed by atoms with E-state index in [9.17, 15) is 4.79 Å². The third kappa shape index (κ3) is 4.99. The summed E-state index contributed by atoms with van der Waals surface area (Å²) in [6.45, 7) is 3.01. The largest absolute Gasteiger partial charge is 0.348 e. The van der Waals surface area contributed by atoms with Gasteiger partial charge in [0.05, 0.1) is 12.6 Å². The summed E-state index contributed by atoms with van der Waals surface area (Å²) in [5.41, 5.74) is 0.861. The van der Waals surface area contributed by atoms with Crippen LogP contribution in [-0.2, 0) is 11.3 Å². The highest BCUT2D eigenvalue weighted by molar-refractivity contribution is 7.09. The predicted molar refractivity (Wildman–Crippen MR) is 93.7 cm³/mol. The Hall–Kier alpha value is -1.07. The van der Waals surface area contributed by atoms with Gasteiger partial charge in [-0.3, -0.25) is 9.69 Å². The van der Waals surface area contributed by atoms with Crippen LogP contribution < -0.4 is 5.32 Å². The molecule has 1 aromatic heterocycles. The van der Waals surface area contributed by atoms with E-state index in [0.29, 0.717) is 16.6 Å². The molecule has 0 unspecified atom stereocenters. The van der Waals surface area contributed by atoms with Gasteiger partial charge in [0.2, 0.25) is 5.91 Å². The van der Waals surface area contributed by atoms with Crippen LogP contribution in [0.3, 0.4) is 0 Å². The first-order chi connectivity index (χ1) is 10.5. The second-order valence-electron chi connectivity index (χ2n) is 5.21. The molecule has 6 heteroatoms. The number of halogens is 2. The van der Waals surface area contributed by atoms with Gasteiger partial charge in [-0.15, -0.1) is 11.3 Å². The lowest BCUT2D eigenvalue weighted by Crippen LogP contribution is -2.36. The van der Waals surface area contributed by atoms with Crippen LogP contribution in [-0.4, -0.2) is 24.4 Å². The smallest absolute Gasteiger partial charge is 0.234 e. The Labute approximate surface area is 144 Å². The van der Waals surface area contributed by atoms with Crippen LogP contribution in [0.1, 0.15) is 23.4 Å². The summed E-state index contributed by atoms with van der Waals surface area (Å²) in [5.74, 6) is -0.0300. The maximum atomic E-state index is 12.1. The van der Waals surface area contributed by atoms with E-state index in [0.717, 1.165) is 12.1 Å². The number of hydrogen-bond acceptors (Lipinski definition) is 3. The molecule has 0 aliphatic rings. The van der Waals surface area contributed by atoms with Crippen LogP contribution >= 0.6 is 34.5 Å². The number of nitrogens with zero attached hydrogens (tertiary/aromatic N) is 1. The Morgan fingerprint density at radius 2 is 2.14 bits per heavy atom. The van der Waals surface area contributed by atoms with Gasteiger partial charge in [0.1, 0.15) is 0 Å². The number of nitrogens with one attached hydrogen (secondary N) is 1. The Morgan fingerprint density at radius 1 is 1.36 bits per heavy atom. The SMILES string of the molecule is C[C@H](NC(=O)CN(C)Cc1cccs1)c1ccc(Cl)cc1Cl. The molecule has 0 saturated heterocycles. The average Bonchev–Trinajstić information content (AvgIpc) is 2.90. The van der Waals surface area contributed by atoms with Gasteiger partial charge >= 0.3 is 0 Å². The summed E-state index contributed by atoms with van der Waals surface area (Å²) in [6.07, 6.45) is 0. The minimum Gasteiger partial charge on any atom is -0.348 e. The van der Waals surface area contributed by atoms with Crippen molar-refractivity contribution in [2.45, 2.75) is 19.5 Å². The van der Waals surface area contributed by atoms with Gasteiger partial charge in [0.15, 0.2) is 0 Å². The molecule has 0 aliphatic carbocycles. The second-order valence-corrected chi connectivity index (χ2v) is 7.08.